The Balaban J connectivity index is 1.16. The van der Waals surface area contributed by atoms with Crippen LogP contribution in [-0.2, 0) is 9.59 Å². The van der Waals surface area contributed by atoms with Gasteiger partial charge in [0.25, 0.3) is 5.91 Å². The third-order valence-corrected chi connectivity index (χ3v) is 9.79. The molecule has 0 N–H and O–H groups in total. The second kappa shape index (κ2) is 12.7. The van der Waals surface area contributed by atoms with Crippen molar-refractivity contribution in [2.24, 2.45) is 17.8 Å². The molecule has 5 rings (SSSR count). The number of aryl methyl sites for hydroxylation is 2. The van der Waals surface area contributed by atoms with Gasteiger partial charge in [0.2, 0.25) is 11.8 Å². The minimum atomic E-state index is -0.0929. The van der Waals surface area contributed by atoms with E-state index in [0.717, 1.165) is 61.5 Å². The van der Waals surface area contributed by atoms with Crippen LogP contribution in [0, 0.1) is 31.6 Å². The first kappa shape index (κ1) is 29.9. The van der Waals surface area contributed by atoms with Gasteiger partial charge < -0.3 is 19.6 Å². The van der Waals surface area contributed by atoms with E-state index >= 15 is 0 Å². The lowest BCUT2D eigenvalue weighted by molar-refractivity contribution is -0.133. The van der Waals surface area contributed by atoms with Crippen LogP contribution < -0.4 is 4.90 Å². The SMILES string of the molecule is CC(=O)N1CCC(C(=O)N(CCCN2CC3CN(C(=O)c4ccc(Cl)cc4C)CC3C2)c2ccc(C)c(Cl)c2)CC1. The van der Waals surface area contributed by atoms with Gasteiger partial charge in [0.05, 0.1) is 0 Å². The molecule has 2 atom stereocenters. The van der Waals surface area contributed by atoms with Crippen LogP contribution >= 0.6 is 23.2 Å². The number of rotatable bonds is 7. The number of carbonyl (C=O) groups excluding carboxylic acids is 3. The van der Waals surface area contributed by atoms with Gasteiger partial charge in [0, 0.05) is 80.0 Å². The zero-order valence-corrected chi connectivity index (χ0v) is 25.8. The summed E-state index contributed by atoms with van der Waals surface area (Å²) in [6.45, 7) is 11.8. The minimum Gasteiger partial charge on any atom is -0.343 e. The van der Waals surface area contributed by atoms with Crippen molar-refractivity contribution in [1.29, 1.82) is 0 Å². The summed E-state index contributed by atoms with van der Waals surface area (Å²) in [5.41, 5.74) is 3.48. The van der Waals surface area contributed by atoms with Crippen LogP contribution in [0.15, 0.2) is 36.4 Å². The highest BCUT2D eigenvalue weighted by Gasteiger charge is 2.41. The fraction of sp³-hybridized carbons (Fsp3) is 0.531. The molecule has 41 heavy (non-hydrogen) atoms. The molecular weight excluding hydrogens is 559 g/mol. The lowest BCUT2D eigenvalue weighted by Crippen LogP contribution is -2.44. The number of nitrogens with zero attached hydrogens (tertiary/aromatic N) is 4. The summed E-state index contributed by atoms with van der Waals surface area (Å²) in [4.78, 5) is 46.9. The zero-order valence-electron chi connectivity index (χ0n) is 24.2. The smallest absolute Gasteiger partial charge is 0.254 e. The number of hydrogen-bond donors (Lipinski definition) is 0. The predicted molar refractivity (Wildman–Crippen MR) is 164 cm³/mol. The van der Waals surface area contributed by atoms with E-state index in [4.69, 9.17) is 23.2 Å². The van der Waals surface area contributed by atoms with Crippen molar-refractivity contribution in [3.05, 3.63) is 63.1 Å². The summed E-state index contributed by atoms with van der Waals surface area (Å²) in [6, 6.07) is 11.3. The van der Waals surface area contributed by atoms with Crippen molar-refractivity contribution in [2.45, 2.75) is 40.0 Å². The highest BCUT2D eigenvalue weighted by Crippen LogP contribution is 2.33. The molecule has 2 aromatic rings. The number of likely N-dealkylation sites (tertiary alicyclic amines) is 3. The van der Waals surface area contributed by atoms with Crippen molar-refractivity contribution in [2.75, 3.05) is 57.3 Å². The van der Waals surface area contributed by atoms with E-state index in [1.165, 1.54) is 0 Å². The van der Waals surface area contributed by atoms with Gasteiger partial charge >= 0.3 is 0 Å². The number of piperidine rings is 1. The van der Waals surface area contributed by atoms with Crippen LogP contribution in [0.1, 0.15) is 47.7 Å². The molecule has 3 amide bonds. The van der Waals surface area contributed by atoms with E-state index in [-0.39, 0.29) is 23.6 Å². The number of fused-ring (bicyclic) bond motifs is 1. The standard InChI is InChI=1S/C32H40Cl2N4O3/c1-21-5-7-28(16-30(21)34)38(31(40)24-9-13-36(14-10-24)23(3)39)12-4-11-35-17-25-19-37(20-26(25)18-35)32(41)29-8-6-27(33)15-22(29)2/h5-8,15-16,24-26H,4,9-14,17-20H2,1-3H3. The van der Waals surface area contributed by atoms with Gasteiger partial charge in [-0.15, -0.1) is 0 Å². The van der Waals surface area contributed by atoms with Gasteiger partial charge in [0.1, 0.15) is 0 Å². The van der Waals surface area contributed by atoms with Gasteiger partial charge in [-0.05, 0) is 92.9 Å². The number of hydrogen-bond acceptors (Lipinski definition) is 4. The summed E-state index contributed by atoms with van der Waals surface area (Å²) in [5, 5.41) is 1.31. The molecule has 3 aliphatic rings. The van der Waals surface area contributed by atoms with Crippen molar-refractivity contribution in [1.82, 2.24) is 14.7 Å². The highest BCUT2D eigenvalue weighted by molar-refractivity contribution is 6.31. The van der Waals surface area contributed by atoms with Crippen LogP contribution in [0.2, 0.25) is 10.0 Å². The van der Waals surface area contributed by atoms with E-state index in [1.807, 2.05) is 58.9 Å². The zero-order chi connectivity index (χ0) is 29.3. The molecule has 3 aliphatic heterocycles. The maximum atomic E-state index is 13.7. The Labute approximate surface area is 253 Å². The maximum Gasteiger partial charge on any atom is 0.254 e. The second-order valence-electron chi connectivity index (χ2n) is 12.0. The molecule has 2 aromatic carbocycles. The molecule has 0 aromatic heterocycles. The molecule has 3 saturated heterocycles. The van der Waals surface area contributed by atoms with Crippen LogP contribution in [0.4, 0.5) is 5.69 Å². The largest absolute Gasteiger partial charge is 0.343 e. The van der Waals surface area contributed by atoms with Crippen molar-refractivity contribution >= 4 is 46.6 Å². The molecule has 7 nitrogen and oxygen atoms in total. The predicted octanol–water partition coefficient (Wildman–Crippen LogP) is 5.30. The summed E-state index contributed by atoms with van der Waals surface area (Å²) in [5.74, 6) is 1.15. The molecule has 0 spiro atoms. The Kier molecular flexibility index (Phi) is 9.27. The Morgan fingerprint density at radius 2 is 1.56 bits per heavy atom. The van der Waals surface area contributed by atoms with Gasteiger partial charge in [-0.3, -0.25) is 14.4 Å². The molecule has 9 heteroatoms. The topological polar surface area (TPSA) is 64.2 Å². The quantitative estimate of drug-likeness (QED) is 0.434. The van der Waals surface area contributed by atoms with E-state index < -0.39 is 0 Å². The lowest BCUT2D eigenvalue weighted by Gasteiger charge is -2.34. The first-order valence-corrected chi connectivity index (χ1v) is 15.5. The fourth-order valence-electron chi connectivity index (χ4n) is 6.71. The Bertz CT molecular complexity index is 1300. The average molecular weight is 600 g/mol. The minimum absolute atomic E-state index is 0.0704. The maximum absolute atomic E-state index is 13.7. The molecule has 0 saturated carbocycles. The number of carbonyl (C=O) groups is 3. The molecule has 2 unspecified atom stereocenters. The number of halogens is 2. The second-order valence-corrected chi connectivity index (χ2v) is 12.9. The van der Waals surface area contributed by atoms with Crippen molar-refractivity contribution in [3.63, 3.8) is 0 Å². The number of anilines is 1. The monoisotopic (exact) mass is 598 g/mol. The Hall–Kier alpha value is -2.61. The summed E-state index contributed by atoms with van der Waals surface area (Å²) < 4.78 is 0. The average Bonchev–Trinajstić information content (AvgIpc) is 3.51. The molecule has 220 valence electrons. The third-order valence-electron chi connectivity index (χ3n) is 9.15. The molecular formula is C32H40Cl2N4O3. The highest BCUT2D eigenvalue weighted by atomic mass is 35.5. The first-order chi connectivity index (χ1) is 19.6. The first-order valence-electron chi connectivity index (χ1n) is 14.7. The molecule has 0 radical (unpaired) electrons. The molecule has 3 heterocycles. The molecule has 0 bridgehead atoms. The normalized spacial score (nSPS) is 21.3. The van der Waals surface area contributed by atoms with Crippen molar-refractivity contribution in [3.8, 4) is 0 Å². The van der Waals surface area contributed by atoms with E-state index in [1.54, 1.807) is 13.0 Å². The van der Waals surface area contributed by atoms with Gasteiger partial charge in [-0.2, -0.15) is 0 Å². The van der Waals surface area contributed by atoms with Gasteiger partial charge in [-0.25, -0.2) is 0 Å². The van der Waals surface area contributed by atoms with Crippen LogP contribution in [0.3, 0.4) is 0 Å². The summed E-state index contributed by atoms with van der Waals surface area (Å²) in [6.07, 6.45) is 2.24. The Morgan fingerprint density at radius 3 is 2.17 bits per heavy atom. The summed E-state index contributed by atoms with van der Waals surface area (Å²) >= 11 is 12.5. The van der Waals surface area contributed by atoms with E-state index in [0.29, 0.717) is 54.4 Å². The van der Waals surface area contributed by atoms with Crippen LogP contribution in [0.25, 0.3) is 0 Å². The van der Waals surface area contributed by atoms with Crippen LogP contribution in [-0.4, -0.2) is 84.8 Å². The lowest BCUT2D eigenvalue weighted by atomic mass is 9.94. The number of benzene rings is 2. The van der Waals surface area contributed by atoms with E-state index in [2.05, 4.69) is 4.90 Å². The molecule has 0 aliphatic carbocycles. The van der Waals surface area contributed by atoms with Gasteiger partial charge in [0.15, 0.2) is 0 Å². The third kappa shape index (κ3) is 6.73. The Morgan fingerprint density at radius 1 is 0.878 bits per heavy atom. The fourth-order valence-corrected chi connectivity index (χ4v) is 7.11. The summed E-state index contributed by atoms with van der Waals surface area (Å²) in [7, 11) is 0. The number of amides is 3. The van der Waals surface area contributed by atoms with Gasteiger partial charge in [-0.1, -0.05) is 29.3 Å². The van der Waals surface area contributed by atoms with Crippen molar-refractivity contribution < 1.29 is 14.4 Å². The molecule has 3 fully saturated rings. The van der Waals surface area contributed by atoms with Crippen LogP contribution in [0.5, 0.6) is 0 Å². The van der Waals surface area contributed by atoms with E-state index in [9.17, 15) is 14.4 Å².